The van der Waals surface area contributed by atoms with Crippen LogP contribution in [0.2, 0.25) is 0 Å². The zero-order valence-electron chi connectivity index (χ0n) is 15.8. The Morgan fingerprint density at radius 1 is 1.15 bits per heavy atom. The highest BCUT2D eigenvalue weighted by Gasteiger charge is 2.31. The number of alkyl halides is 3. The largest absolute Gasteiger partial charge is 0.416 e. The summed E-state index contributed by atoms with van der Waals surface area (Å²) in [4.78, 5) is 8.34. The first-order valence-corrected chi connectivity index (χ1v) is 8.90. The lowest BCUT2D eigenvalue weighted by Crippen LogP contribution is -2.53. The molecular weight excluding hydrogens is 361 g/mol. The van der Waals surface area contributed by atoms with Crippen LogP contribution in [-0.4, -0.2) is 77.6 Å². The molecular formula is C18H27F3N4O2. The molecule has 0 amide bonds. The second-order valence-corrected chi connectivity index (χ2v) is 6.10. The van der Waals surface area contributed by atoms with Crippen molar-refractivity contribution >= 4 is 11.6 Å². The summed E-state index contributed by atoms with van der Waals surface area (Å²) in [6.45, 7) is 4.91. The van der Waals surface area contributed by atoms with Crippen LogP contribution in [0, 0.1) is 0 Å². The van der Waals surface area contributed by atoms with E-state index in [4.69, 9.17) is 9.47 Å². The molecule has 9 heteroatoms. The fraction of sp³-hybridized carbons (Fsp3) is 0.611. The van der Waals surface area contributed by atoms with Gasteiger partial charge in [-0.05, 0) is 18.2 Å². The average molecular weight is 388 g/mol. The minimum Gasteiger partial charge on any atom is -0.382 e. The number of nitrogens with one attached hydrogen (secondary N) is 1. The van der Waals surface area contributed by atoms with Crippen LogP contribution < -0.4 is 10.2 Å². The third-order valence-corrected chi connectivity index (χ3v) is 4.29. The van der Waals surface area contributed by atoms with E-state index in [1.807, 2.05) is 4.90 Å². The van der Waals surface area contributed by atoms with Gasteiger partial charge in [0.15, 0.2) is 5.96 Å². The molecule has 0 atom stereocenters. The standard InChI is InChI=1S/C18H27F3N4O2/c1-22-17(23-6-11-27-13-12-26-2)25-9-7-24(8-10-25)16-5-3-4-15(14-16)18(19,20)21/h3-5,14H,6-13H2,1-2H3,(H,22,23). The van der Waals surface area contributed by atoms with Crippen LogP contribution in [-0.2, 0) is 15.7 Å². The van der Waals surface area contributed by atoms with Crippen molar-refractivity contribution in [2.45, 2.75) is 6.18 Å². The van der Waals surface area contributed by atoms with Crippen molar-refractivity contribution in [2.24, 2.45) is 4.99 Å². The number of nitrogens with zero attached hydrogens (tertiary/aromatic N) is 3. The number of halogens is 3. The Morgan fingerprint density at radius 2 is 1.89 bits per heavy atom. The highest BCUT2D eigenvalue weighted by molar-refractivity contribution is 5.80. The zero-order chi connectivity index (χ0) is 19.7. The summed E-state index contributed by atoms with van der Waals surface area (Å²) in [6, 6.07) is 5.48. The van der Waals surface area contributed by atoms with Gasteiger partial charge >= 0.3 is 6.18 Å². The van der Waals surface area contributed by atoms with Crippen LogP contribution in [0.4, 0.5) is 18.9 Å². The number of hydrogen-bond acceptors (Lipinski definition) is 4. The first kappa shape index (κ1) is 21.3. The van der Waals surface area contributed by atoms with Gasteiger partial charge in [0.25, 0.3) is 0 Å². The van der Waals surface area contributed by atoms with Gasteiger partial charge in [0.1, 0.15) is 0 Å². The lowest BCUT2D eigenvalue weighted by molar-refractivity contribution is -0.137. The van der Waals surface area contributed by atoms with Crippen molar-refractivity contribution in [1.29, 1.82) is 0 Å². The Hall–Kier alpha value is -2.00. The predicted octanol–water partition coefficient (Wildman–Crippen LogP) is 2.07. The first-order chi connectivity index (χ1) is 13.0. The Labute approximate surface area is 157 Å². The molecule has 1 aliphatic rings. The molecule has 1 aliphatic heterocycles. The van der Waals surface area contributed by atoms with E-state index in [1.165, 1.54) is 12.1 Å². The fourth-order valence-electron chi connectivity index (χ4n) is 2.87. The van der Waals surface area contributed by atoms with Gasteiger partial charge in [-0.15, -0.1) is 0 Å². The third-order valence-electron chi connectivity index (χ3n) is 4.29. The second-order valence-electron chi connectivity index (χ2n) is 6.10. The second kappa shape index (κ2) is 10.4. The van der Waals surface area contributed by atoms with Gasteiger partial charge in [-0.25, -0.2) is 0 Å². The molecule has 0 spiro atoms. The van der Waals surface area contributed by atoms with Gasteiger partial charge in [0, 0.05) is 52.6 Å². The van der Waals surface area contributed by atoms with Gasteiger partial charge < -0.3 is 24.6 Å². The Bertz CT molecular complexity index is 603. The van der Waals surface area contributed by atoms with Crippen molar-refractivity contribution in [1.82, 2.24) is 10.2 Å². The van der Waals surface area contributed by atoms with Crippen LogP contribution in [0.25, 0.3) is 0 Å². The Balaban J connectivity index is 1.82. The molecule has 6 nitrogen and oxygen atoms in total. The Morgan fingerprint density at radius 3 is 2.52 bits per heavy atom. The van der Waals surface area contributed by atoms with E-state index in [1.54, 1.807) is 20.2 Å². The normalized spacial score (nSPS) is 16.0. The lowest BCUT2D eigenvalue weighted by Gasteiger charge is -2.37. The number of rotatable bonds is 7. The molecule has 152 valence electrons. The van der Waals surface area contributed by atoms with Crippen LogP contribution in [0.1, 0.15) is 5.56 Å². The minimum absolute atomic E-state index is 0.548. The summed E-state index contributed by atoms with van der Waals surface area (Å²) in [5.41, 5.74) is -0.0210. The topological polar surface area (TPSA) is 49.3 Å². The number of hydrogen-bond donors (Lipinski definition) is 1. The van der Waals surface area contributed by atoms with Crippen molar-refractivity contribution < 1.29 is 22.6 Å². The average Bonchev–Trinajstić information content (AvgIpc) is 2.67. The van der Waals surface area contributed by atoms with E-state index >= 15 is 0 Å². The number of benzene rings is 1. The molecule has 0 saturated carbocycles. The van der Waals surface area contributed by atoms with Crippen LogP contribution in [0.5, 0.6) is 0 Å². The van der Waals surface area contributed by atoms with Crippen molar-refractivity contribution in [2.75, 3.05) is 71.6 Å². The minimum atomic E-state index is -4.32. The number of methoxy groups -OCH3 is 1. The zero-order valence-corrected chi connectivity index (χ0v) is 15.8. The number of anilines is 1. The number of ether oxygens (including phenoxy) is 2. The highest BCUT2D eigenvalue weighted by Crippen LogP contribution is 2.31. The molecule has 1 fully saturated rings. The van der Waals surface area contributed by atoms with E-state index in [0.717, 1.165) is 12.0 Å². The van der Waals surface area contributed by atoms with E-state index in [0.29, 0.717) is 58.2 Å². The molecule has 2 rings (SSSR count). The van der Waals surface area contributed by atoms with Crippen molar-refractivity contribution in [3.63, 3.8) is 0 Å². The maximum absolute atomic E-state index is 12.9. The monoisotopic (exact) mass is 388 g/mol. The van der Waals surface area contributed by atoms with E-state index in [-0.39, 0.29) is 0 Å². The molecule has 1 aromatic rings. The molecule has 0 radical (unpaired) electrons. The van der Waals surface area contributed by atoms with Gasteiger partial charge in [-0.3, -0.25) is 4.99 Å². The summed E-state index contributed by atoms with van der Waals surface area (Å²) in [7, 11) is 3.34. The van der Waals surface area contributed by atoms with Crippen molar-refractivity contribution in [3.8, 4) is 0 Å². The lowest BCUT2D eigenvalue weighted by atomic mass is 10.1. The molecule has 0 aliphatic carbocycles. The number of aliphatic imine (C=N–C) groups is 1. The van der Waals surface area contributed by atoms with Gasteiger partial charge in [0.05, 0.1) is 25.4 Å². The molecule has 1 heterocycles. The molecule has 1 aromatic carbocycles. The summed E-state index contributed by atoms with van der Waals surface area (Å²) in [6.07, 6.45) is -4.32. The molecule has 27 heavy (non-hydrogen) atoms. The summed E-state index contributed by atoms with van der Waals surface area (Å²) in [5.74, 6) is 0.772. The van der Waals surface area contributed by atoms with Crippen LogP contribution in [0.15, 0.2) is 29.3 Å². The van der Waals surface area contributed by atoms with E-state index in [2.05, 4.69) is 15.2 Å². The number of guanidine groups is 1. The Kier molecular flexibility index (Phi) is 8.18. The maximum Gasteiger partial charge on any atom is 0.416 e. The molecule has 0 aromatic heterocycles. The number of piperazine rings is 1. The smallest absolute Gasteiger partial charge is 0.382 e. The third kappa shape index (κ3) is 6.59. The fourth-order valence-corrected chi connectivity index (χ4v) is 2.87. The maximum atomic E-state index is 12.9. The molecule has 1 N–H and O–H groups in total. The SMILES string of the molecule is CN=C(NCCOCCOC)N1CCN(c2cccc(C(F)(F)F)c2)CC1. The molecule has 1 saturated heterocycles. The highest BCUT2D eigenvalue weighted by atomic mass is 19.4. The summed E-state index contributed by atoms with van der Waals surface area (Å²) >= 11 is 0. The predicted molar refractivity (Wildman–Crippen MR) is 99.3 cm³/mol. The van der Waals surface area contributed by atoms with E-state index in [9.17, 15) is 13.2 Å². The van der Waals surface area contributed by atoms with Crippen LogP contribution in [0.3, 0.4) is 0 Å². The summed E-state index contributed by atoms with van der Waals surface area (Å²) in [5, 5.41) is 3.24. The summed E-state index contributed by atoms with van der Waals surface area (Å²) < 4.78 is 49.0. The molecule has 0 bridgehead atoms. The first-order valence-electron chi connectivity index (χ1n) is 8.90. The van der Waals surface area contributed by atoms with Crippen molar-refractivity contribution in [3.05, 3.63) is 29.8 Å². The van der Waals surface area contributed by atoms with E-state index < -0.39 is 11.7 Å². The van der Waals surface area contributed by atoms with Gasteiger partial charge in [-0.2, -0.15) is 13.2 Å². The molecule has 0 unspecified atom stereocenters. The van der Waals surface area contributed by atoms with Gasteiger partial charge in [0.2, 0.25) is 0 Å². The quantitative estimate of drug-likeness (QED) is 0.440. The van der Waals surface area contributed by atoms with Gasteiger partial charge in [-0.1, -0.05) is 6.07 Å². The van der Waals surface area contributed by atoms with Crippen LogP contribution >= 0.6 is 0 Å².